The van der Waals surface area contributed by atoms with Crippen LogP contribution in [0.5, 0.6) is 5.75 Å². The number of halogens is 1. The van der Waals surface area contributed by atoms with E-state index < -0.39 is 5.24 Å². The summed E-state index contributed by atoms with van der Waals surface area (Å²) in [5, 5.41) is -0.483. The molecule has 0 bridgehead atoms. The molecule has 1 fully saturated rings. The third kappa shape index (κ3) is 3.37. The van der Waals surface area contributed by atoms with Gasteiger partial charge in [-0.1, -0.05) is 12.1 Å². The van der Waals surface area contributed by atoms with Crippen molar-refractivity contribution in [2.75, 3.05) is 44.7 Å². The van der Waals surface area contributed by atoms with Crippen LogP contribution in [0.25, 0.3) is 0 Å². The van der Waals surface area contributed by atoms with Gasteiger partial charge in [-0.2, -0.15) is 0 Å². The van der Waals surface area contributed by atoms with E-state index in [-0.39, 0.29) is 6.61 Å². The third-order valence-electron chi connectivity index (χ3n) is 3.05. The van der Waals surface area contributed by atoms with E-state index in [9.17, 15) is 4.79 Å². The molecule has 0 aliphatic carbocycles. The zero-order valence-corrected chi connectivity index (χ0v) is 11.2. The number of para-hydroxylation sites is 2. The zero-order chi connectivity index (χ0) is 13.0. The van der Waals surface area contributed by atoms with Crippen molar-refractivity contribution in [3.05, 3.63) is 24.3 Å². The number of likely N-dealkylation sites (N-methyl/N-ethyl adjacent to an activating group) is 1. The molecule has 1 saturated heterocycles. The van der Waals surface area contributed by atoms with Crippen LogP contribution in [-0.4, -0.2) is 50.0 Å². The first-order chi connectivity index (χ1) is 8.66. The Kier molecular flexibility index (Phi) is 4.44. The maximum absolute atomic E-state index is 10.8. The van der Waals surface area contributed by atoms with Crippen molar-refractivity contribution in [2.24, 2.45) is 0 Å². The largest absolute Gasteiger partial charge is 0.482 e. The topological polar surface area (TPSA) is 32.8 Å². The second-order valence-electron chi connectivity index (χ2n) is 4.40. The summed E-state index contributed by atoms with van der Waals surface area (Å²) in [4.78, 5) is 15.3. The number of hydrogen-bond donors (Lipinski definition) is 0. The minimum Gasteiger partial charge on any atom is -0.482 e. The predicted molar refractivity (Wildman–Crippen MR) is 72.5 cm³/mol. The number of piperazine rings is 1. The average Bonchev–Trinajstić information content (AvgIpc) is 2.38. The van der Waals surface area contributed by atoms with E-state index in [1.54, 1.807) is 0 Å². The first-order valence-electron chi connectivity index (χ1n) is 6.00. The van der Waals surface area contributed by atoms with Crippen molar-refractivity contribution < 1.29 is 9.53 Å². The highest BCUT2D eigenvalue weighted by molar-refractivity contribution is 6.63. The van der Waals surface area contributed by atoms with Crippen LogP contribution in [0.4, 0.5) is 5.69 Å². The molecule has 0 atom stereocenters. The Morgan fingerprint density at radius 3 is 2.61 bits per heavy atom. The lowest BCUT2D eigenvalue weighted by Crippen LogP contribution is -2.44. The van der Waals surface area contributed by atoms with Crippen LogP contribution >= 0.6 is 11.6 Å². The van der Waals surface area contributed by atoms with Gasteiger partial charge < -0.3 is 14.5 Å². The zero-order valence-electron chi connectivity index (χ0n) is 10.4. The second kappa shape index (κ2) is 6.07. The smallest absolute Gasteiger partial charge is 0.259 e. The van der Waals surface area contributed by atoms with Gasteiger partial charge in [0.1, 0.15) is 5.75 Å². The molecule has 1 aromatic rings. The highest BCUT2D eigenvalue weighted by Gasteiger charge is 2.17. The maximum Gasteiger partial charge on any atom is 0.259 e. The standard InChI is InChI=1S/C13H17ClN2O2/c1-15-6-8-16(9-7-15)11-4-2-3-5-12(11)18-10-13(14)17/h2-5H,6-10H2,1H3. The summed E-state index contributed by atoms with van der Waals surface area (Å²) in [5.41, 5.74) is 1.03. The molecule has 1 aliphatic rings. The van der Waals surface area contributed by atoms with Crippen LogP contribution in [0, 0.1) is 0 Å². The number of hydrogen-bond acceptors (Lipinski definition) is 4. The molecular weight excluding hydrogens is 252 g/mol. The Hall–Kier alpha value is -1.26. The Balaban J connectivity index is 2.09. The minimum absolute atomic E-state index is 0.0910. The van der Waals surface area contributed by atoms with Crippen LogP contribution in [0.3, 0.4) is 0 Å². The van der Waals surface area contributed by atoms with Gasteiger partial charge >= 0.3 is 0 Å². The van der Waals surface area contributed by atoms with Gasteiger partial charge in [-0.15, -0.1) is 0 Å². The predicted octanol–water partition coefficient (Wildman–Crippen LogP) is 1.58. The van der Waals surface area contributed by atoms with Crippen molar-refractivity contribution in [1.82, 2.24) is 4.90 Å². The molecule has 0 spiro atoms. The van der Waals surface area contributed by atoms with Gasteiger partial charge in [0, 0.05) is 26.2 Å². The van der Waals surface area contributed by atoms with Crippen molar-refractivity contribution in [2.45, 2.75) is 0 Å². The van der Waals surface area contributed by atoms with Gasteiger partial charge in [0.15, 0.2) is 6.61 Å². The first kappa shape index (κ1) is 13.2. The van der Waals surface area contributed by atoms with Gasteiger partial charge in [0.2, 0.25) is 0 Å². The van der Waals surface area contributed by atoms with Crippen LogP contribution in [0.1, 0.15) is 0 Å². The summed E-state index contributed by atoms with van der Waals surface area (Å²) in [5.74, 6) is 0.719. The van der Waals surface area contributed by atoms with Crippen molar-refractivity contribution >= 4 is 22.5 Å². The molecule has 1 aliphatic heterocycles. The molecule has 0 amide bonds. The molecule has 0 saturated carbocycles. The summed E-state index contributed by atoms with van der Waals surface area (Å²) in [6.45, 7) is 3.90. The molecule has 98 valence electrons. The Morgan fingerprint density at radius 1 is 1.28 bits per heavy atom. The molecule has 18 heavy (non-hydrogen) atoms. The summed E-state index contributed by atoms with van der Waals surface area (Å²) in [6, 6.07) is 7.75. The SMILES string of the molecule is CN1CCN(c2ccccc2OCC(=O)Cl)CC1. The molecule has 1 aromatic carbocycles. The minimum atomic E-state index is -0.483. The molecule has 2 rings (SSSR count). The fourth-order valence-corrected chi connectivity index (χ4v) is 2.08. The Morgan fingerprint density at radius 2 is 1.94 bits per heavy atom. The number of benzene rings is 1. The highest BCUT2D eigenvalue weighted by atomic mass is 35.5. The van der Waals surface area contributed by atoms with Crippen LogP contribution in [-0.2, 0) is 4.79 Å². The van der Waals surface area contributed by atoms with E-state index in [0.717, 1.165) is 37.6 Å². The van der Waals surface area contributed by atoms with Gasteiger partial charge in [-0.05, 0) is 30.8 Å². The van der Waals surface area contributed by atoms with E-state index in [4.69, 9.17) is 16.3 Å². The molecule has 1 heterocycles. The number of nitrogens with zero attached hydrogens (tertiary/aromatic N) is 2. The van der Waals surface area contributed by atoms with Gasteiger partial charge in [0.05, 0.1) is 5.69 Å². The Labute approximate surface area is 112 Å². The first-order valence-corrected chi connectivity index (χ1v) is 6.38. The maximum atomic E-state index is 10.8. The number of anilines is 1. The fraction of sp³-hybridized carbons (Fsp3) is 0.462. The van der Waals surface area contributed by atoms with Crippen LogP contribution in [0.15, 0.2) is 24.3 Å². The summed E-state index contributed by atoms with van der Waals surface area (Å²) in [7, 11) is 2.12. The highest BCUT2D eigenvalue weighted by Crippen LogP contribution is 2.28. The number of carbonyl (C=O) groups excluding carboxylic acids is 1. The normalized spacial score (nSPS) is 16.7. The molecular formula is C13H17ClN2O2. The molecule has 0 N–H and O–H groups in total. The lowest BCUT2D eigenvalue weighted by atomic mass is 10.2. The summed E-state index contributed by atoms with van der Waals surface area (Å²) < 4.78 is 5.44. The average molecular weight is 269 g/mol. The Bertz CT molecular complexity index is 417. The van der Waals surface area contributed by atoms with Crippen molar-refractivity contribution in [1.29, 1.82) is 0 Å². The molecule has 5 heteroatoms. The van der Waals surface area contributed by atoms with E-state index in [2.05, 4.69) is 16.8 Å². The number of rotatable bonds is 4. The lowest BCUT2D eigenvalue weighted by Gasteiger charge is -2.34. The fourth-order valence-electron chi connectivity index (χ4n) is 2.02. The molecule has 0 aromatic heterocycles. The molecule has 0 radical (unpaired) electrons. The van der Waals surface area contributed by atoms with E-state index in [1.165, 1.54) is 0 Å². The van der Waals surface area contributed by atoms with Gasteiger partial charge in [-0.3, -0.25) is 4.79 Å². The summed E-state index contributed by atoms with van der Waals surface area (Å²) in [6.07, 6.45) is 0. The van der Waals surface area contributed by atoms with Crippen LogP contribution in [0.2, 0.25) is 0 Å². The number of carbonyl (C=O) groups is 1. The lowest BCUT2D eigenvalue weighted by molar-refractivity contribution is -0.113. The quantitative estimate of drug-likeness (QED) is 0.777. The third-order valence-corrected chi connectivity index (χ3v) is 3.16. The van der Waals surface area contributed by atoms with Gasteiger partial charge in [0.25, 0.3) is 5.24 Å². The van der Waals surface area contributed by atoms with Crippen LogP contribution < -0.4 is 9.64 Å². The van der Waals surface area contributed by atoms with E-state index in [0.29, 0.717) is 0 Å². The monoisotopic (exact) mass is 268 g/mol. The van der Waals surface area contributed by atoms with E-state index >= 15 is 0 Å². The number of ether oxygens (including phenoxy) is 1. The molecule has 0 unspecified atom stereocenters. The molecule has 4 nitrogen and oxygen atoms in total. The van der Waals surface area contributed by atoms with Crippen molar-refractivity contribution in [3.8, 4) is 5.75 Å². The second-order valence-corrected chi connectivity index (χ2v) is 4.82. The van der Waals surface area contributed by atoms with Crippen molar-refractivity contribution in [3.63, 3.8) is 0 Å². The van der Waals surface area contributed by atoms with Gasteiger partial charge in [-0.25, -0.2) is 0 Å². The summed E-state index contributed by atoms with van der Waals surface area (Å²) >= 11 is 5.30. The van der Waals surface area contributed by atoms with E-state index in [1.807, 2.05) is 24.3 Å².